The lowest BCUT2D eigenvalue weighted by molar-refractivity contribution is -0.132. The highest BCUT2D eigenvalue weighted by molar-refractivity contribution is 9.10. The van der Waals surface area contributed by atoms with Crippen LogP contribution in [-0.2, 0) is 14.4 Å². The fourth-order valence-electron chi connectivity index (χ4n) is 2.74. The van der Waals surface area contributed by atoms with Gasteiger partial charge in [-0.2, -0.15) is 0 Å². The van der Waals surface area contributed by atoms with Gasteiger partial charge in [-0.25, -0.2) is 4.39 Å². The van der Waals surface area contributed by atoms with Crippen molar-refractivity contribution in [3.63, 3.8) is 0 Å². The molecule has 7 nitrogen and oxygen atoms in total. The number of likely N-dealkylation sites (N-methyl/N-ethyl adjacent to an activating group) is 2. The molecule has 1 fully saturated rings. The first-order chi connectivity index (χ1) is 14.7. The van der Waals surface area contributed by atoms with Crippen LogP contribution in [0.5, 0.6) is 5.75 Å². The van der Waals surface area contributed by atoms with Gasteiger partial charge in [0.2, 0.25) is 0 Å². The number of hydrogen-bond acceptors (Lipinski definition) is 5. The molecule has 0 unspecified atom stereocenters. The van der Waals surface area contributed by atoms with Gasteiger partial charge in [-0.1, -0.05) is 6.07 Å². The van der Waals surface area contributed by atoms with E-state index in [1.165, 1.54) is 54.2 Å². The van der Waals surface area contributed by atoms with Gasteiger partial charge in [0.15, 0.2) is 11.7 Å². The van der Waals surface area contributed by atoms with Gasteiger partial charge in [0.05, 0.1) is 4.47 Å². The van der Waals surface area contributed by atoms with E-state index in [9.17, 15) is 18.8 Å². The molecular weight excluding hydrogens is 489 g/mol. The Morgan fingerprint density at radius 3 is 2.32 bits per heavy atom. The molecule has 2 aromatic rings. The Labute approximate surface area is 191 Å². The number of anilines is 1. The lowest BCUT2D eigenvalue weighted by atomic mass is 10.1. The van der Waals surface area contributed by atoms with Crippen LogP contribution in [0.15, 0.2) is 52.5 Å². The minimum Gasteiger partial charge on any atom is -0.483 e. The first-order valence-electron chi connectivity index (χ1n) is 8.97. The van der Waals surface area contributed by atoms with Crippen LogP contribution in [-0.4, -0.2) is 53.3 Å². The van der Waals surface area contributed by atoms with Crippen molar-refractivity contribution in [3.05, 3.63) is 63.9 Å². The third-order valence-electron chi connectivity index (χ3n) is 4.40. The second-order valence-corrected chi connectivity index (χ2v) is 7.82. The lowest BCUT2D eigenvalue weighted by Gasteiger charge is -2.31. The van der Waals surface area contributed by atoms with Gasteiger partial charge >= 0.3 is 0 Å². The van der Waals surface area contributed by atoms with Crippen LogP contribution >= 0.6 is 28.1 Å². The van der Waals surface area contributed by atoms with Crippen LogP contribution in [0.4, 0.5) is 10.1 Å². The molecule has 0 saturated carbocycles. The fourth-order valence-corrected chi connectivity index (χ4v) is 3.42. The molecule has 160 valence electrons. The summed E-state index contributed by atoms with van der Waals surface area (Å²) in [6.07, 6.45) is 1.47. The number of carbonyl (C=O) groups excluding carboxylic acids is 3. The Balaban J connectivity index is 1.68. The molecule has 10 heteroatoms. The largest absolute Gasteiger partial charge is 0.483 e. The Kier molecular flexibility index (Phi) is 6.81. The van der Waals surface area contributed by atoms with Gasteiger partial charge in [0.1, 0.15) is 17.1 Å². The van der Waals surface area contributed by atoms with Crippen LogP contribution in [0, 0.1) is 5.82 Å². The smallest absolute Gasteiger partial charge is 0.265 e. The average Bonchev–Trinajstić information content (AvgIpc) is 2.75. The van der Waals surface area contributed by atoms with Crippen LogP contribution in [0.2, 0.25) is 0 Å². The van der Waals surface area contributed by atoms with Gasteiger partial charge in [-0.3, -0.25) is 24.2 Å². The van der Waals surface area contributed by atoms with Crippen molar-refractivity contribution in [2.24, 2.45) is 0 Å². The van der Waals surface area contributed by atoms with Crippen LogP contribution in [0.1, 0.15) is 5.56 Å². The zero-order valence-corrected chi connectivity index (χ0v) is 18.9. The van der Waals surface area contributed by atoms with Crippen molar-refractivity contribution in [3.8, 4) is 5.75 Å². The molecule has 1 heterocycles. The SMILES string of the molecule is CN1C(=O)C(=Cc2ccc(OCC(=O)Nc3ccc(F)cc3)c(Br)c2)C(=O)N(C)C1=S. The maximum absolute atomic E-state index is 12.9. The van der Waals surface area contributed by atoms with Gasteiger partial charge in [-0.05, 0) is 76.2 Å². The number of thiocarbonyl (C=S) groups is 1. The van der Waals surface area contributed by atoms with E-state index < -0.39 is 23.5 Å². The summed E-state index contributed by atoms with van der Waals surface area (Å²) in [5, 5.41) is 2.73. The highest BCUT2D eigenvalue weighted by atomic mass is 79.9. The molecule has 3 amide bonds. The van der Waals surface area contributed by atoms with Crippen molar-refractivity contribution >= 4 is 62.7 Å². The summed E-state index contributed by atoms with van der Waals surface area (Å²) in [7, 11) is 3.01. The molecule has 0 aromatic heterocycles. The Morgan fingerprint density at radius 2 is 1.74 bits per heavy atom. The standard InChI is InChI=1S/C21H17BrFN3O4S/c1-25-19(28)15(20(29)26(2)21(25)31)9-12-3-8-17(16(22)10-12)30-11-18(27)24-14-6-4-13(23)5-7-14/h3-10H,11H2,1-2H3,(H,24,27). The second kappa shape index (κ2) is 9.36. The Morgan fingerprint density at radius 1 is 1.13 bits per heavy atom. The summed E-state index contributed by atoms with van der Waals surface area (Å²) in [5.41, 5.74) is 1.02. The average molecular weight is 506 g/mol. The van der Waals surface area contributed by atoms with Crippen molar-refractivity contribution in [1.29, 1.82) is 0 Å². The molecule has 1 aliphatic heterocycles. The van der Waals surface area contributed by atoms with E-state index in [1.54, 1.807) is 18.2 Å². The second-order valence-electron chi connectivity index (χ2n) is 6.60. The molecule has 1 aliphatic rings. The van der Waals surface area contributed by atoms with Crippen LogP contribution in [0.3, 0.4) is 0 Å². The number of hydrogen-bond donors (Lipinski definition) is 1. The van der Waals surface area contributed by atoms with Crippen molar-refractivity contribution in [1.82, 2.24) is 9.80 Å². The van der Waals surface area contributed by atoms with Crippen molar-refractivity contribution in [2.75, 3.05) is 26.0 Å². The summed E-state index contributed by atoms with van der Waals surface area (Å²) in [5.74, 6) is -1.38. The van der Waals surface area contributed by atoms with Crippen molar-refractivity contribution in [2.45, 2.75) is 0 Å². The number of nitrogens with zero attached hydrogens (tertiary/aromatic N) is 2. The molecule has 3 rings (SSSR count). The summed E-state index contributed by atoms with van der Waals surface area (Å²) in [6, 6.07) is 10.3. The minimum atomic E-state index is -0.484. The third-order valence-corrected chi connectivity index (χ3v) is 5.57. The Hall–Kier alpha value is -3.11. The predicted molar refractivity (Wildman–Crippen MR) is 121 cm³/mol. The van der Waals surface area contributed by atoms with E-state index in [1.807, 2.05) is 0 Å². The number of ether oxygens (including phenoxy) is 1. The molecule has 0 bridgehead atoms. The van der Waals surface area contributed by atoms with Crippen molar-refractivity contribution < 1.29 is 23.5 Å². The zero-order chi connectivity index (χ0) is 22.7. The van der Waals surface area contributed by atoms with E-state index >= 15 is 0 Å². The molecule has 0 spiro atoms. The summed E-state index contributed by atoms with van der Waals surface area (Å²) in [4.78, 5) is 39.3. The summed E-state index contributed by atoms with van der Waals surface area (Å²) in [6.45, 7) is -0.263. The molecule has 0 radical (unpaired) electrons. The topological polar surface area (TPSA) is 79.0 Å². The van der Waals surface area contributed by atoms with Crippen LogP contribution < -0.4 is 10.1 Å². The van der Waals surface area contributed by atoms with Gasteiger partial charge in [0, 0.05) is 19.8 Å². The van der Waals surface area contributed by atoms with Gasteiger partial charge in [-0.15, -0.1) is 0 Å². The third kappa shape index (κ3) is 5.15. The van der Waals surface area contributed by atoms with Gasteiger partial charge in [0.25, 0.3) is 17.7 Å². The number of halogens is 2. The predicted octanol–water partition coefficient (Wildman–Crippen LogP) is 3.20. The molecule has 31 heavy (non-hydrogen) atoms. The highest BCUT2D eigenvalue weighted by Crippen LogP contribution is 2.28. The summed E-state index contributed by atoms with van der Waals surface area (Å²) < 4.78 is 19.0. The molecule has 0 aliphatic carbocycles. The highest BCUT2D eigenvalue weighted by Gasteiger charge is 2.35. The maximum atomic E-state index is 12.9. The van der Waals surface area contributed by atoms with E-state index in [0.29, 0.717) is 21.5 Å². The van der Waals surface area contributed by atoms with Crippen LogP contribution in [0.25, 0.3) is 6.08 Å². The monoisotopic (exact) mass is 505 g/mol. The lowest BCUT2D eigenvalue weighted by Crippen LogP contribution is -2.52. The number of amides is 3. The quantitative estimate of drug-likeness (QED) is 0.383. The molecular formula is C21H17BrFN3O4S. The van der Waals surface area contributed by atoms with E-state index in [2.05, 4.69) is 21.2 Å². The van der Waals surface area contributed by atoms with E-state index in [0.717, 1.165) is 0 Å². The molecule has 1 saturated heterocycles. The van der Waals surface area contributed by atoms with E-state index in [4.69, 9.17) is 17.0 Å². The maximum Gasteiger partial charge on any atom is 0.265 e. The first-order valence-corrected chi connectivity index (χ1v) is 10.2. The number of carbonyl (C=O) groups is 3. The number of rotatable bonds is 5. The number of nitrogens with one attached hydrogen (secondary N) is 1. The zero-order valence-electron chi connectivity index (χ0n) is 16.5. The number of benzene rings is 2. The first kappa shape index (κ1) is 22.6. The van der Waals surface area contributed by atoms with Gasteiger partial charge < -0.3 is 10.1 Å². The summed E-state index contributed by atoms with van der Waals surface area (Å²) >= 11 is 8.43. The minimum absolute atomic E-state index is 0.0159. The fraction of sp³-hybridized carbons (Fsp3) is 0.143. The Bertz CT molecular complexity index is 1080. The molecule has 2 aromatic carbocycles. The molecule has 0 atom stereocenters. The van der Waals surface area contributed by atoms with E-state index in [-0.39, 0.29) is 17.3 Å². The normalized spacial score (nSPS) is 14.1. The molecule has 1 N–H and O–H groups in total.